The number of piperidine rings is 1. The van der Waals surface area contributed by atoms with Gasteiger partial charge in [0.15, 0.2) is 5.76 Å². The van der Waals surface area contributed by atoms with Crippen LogP contribution in [0, 0.1) is 0 Å². The van der Waals surface area contributed by atoms with Crippen LogP contribution in [0.2, 0.25) is 0 Å². The number of amides is 2. The fourth-order valence-electron chi connectivity index (χ4n) is 3.78. The summed E-state index contributed by atoms with van der Waals surface area (Å²) in [7, 11) is 0. The molecule has 3 heterocycles. The summed E-state index contributed by atoms with van der Waals surface area (Å²) in [6.07, 6.45) is 4.02. The van der Waals surface area contributed by atoms with Gasteiger partial charge in [0.1, 0.15) is 6.04 Å². The summed E-state index contributed by atoms with van der Waals surface area (Å²) >= 11 is 0. The molecule has 0 radical (unpaired) electrons. The largest absolute Gasteiger partial charge is 0.459 e. The first-order chi connectivity index (χ1) is 12.7. The maximum absolute atomic E-state index is 13.0. The summed E-state index contributed by atoms with van der Waals surface area (Å²) in [4.78, 5) is 27.5. The van der Waals surface area contributed by atoms with Gasteiger partial charge >= 0.3 is 0 Å². The predicted molar refractivity (Wildman–Crippen MR) is 104 cm³/mol. The Balaban J connectivity index is 0.00000210. The topological polar surface area (TPSA) is 74.6 Å². The lowest BCUT2D eigenvalue weighted by Gasteiger charge is -2.36. The molecule has 2 amide bonds. The van der Waals surface area contributed by atoms with Crippen LogP contribution < -0.4 is 10.6 Å². The number of benzene rings is 1. The van der Waals surface area contributed by atoms with Crippen LogP contribution in [0.4, 0.5) is 0 Å². The molecule has 2 aromatic rings. The number of furan rings is 1. The van der Waals surface area contributed by atoms with E-state index in [2.05, 4.69) is 10.6 Å². The zero-order valence-corrected chi connectivity index (χ0v) is 15.8. The molecule has 2 N–H and O–H groups in total. The Labute approximate surface area is 164 Å². The minimum atomic E-state index is -0.524. The van der Waals surface area contributed by atoms with Gasteiger partial charge in [0, 0.05) is 25.6 Å². The number of carbonyl (C=O) groups is 2. The molecular weight excluding hydrogens is 366 g/mol. The standard InChI is InChI=1S/C20H23N3O3.ClH/c24-19(22-16-7-3-9-21-12-16)17-11-14-5-1-2-6-15(14)13-23(17)20(25)18-8-4-10-26-18;/h1-2,4-6,8,10,16-17,21H,3,7,9,11-13H2,(H,22,24);1H/t16-,17?;/m0./s1. The van der Waals surface area contributed by atoms with Crippen molar-refractivity contribution in [3.05, 3.63) is 59.5 Å². The number of halogens is 1. The number of carbonyl (C=O) groups excluding carboxylic acids is 2. The number of hydrogen-bond acceptors (Lipinski definition) is 4. The second kappa shape index (κ2) is 8.59. The predicted octanol–water partition coefficient (Wildman–Crippen LogP) is 2.14. The van der Waals surface area contributed by atoms with Crippen molar-refractivity contribution in [3.8, 4) is 0 Å². The molecule has 6 nitrogen and oxygen atoms in total. The van der Waals surface area contributed by atoms with E-state index in [1.165, 1.54) is 6.26 Å². The number of nitrogens with zero attached hydrogens (tertiary/aromatic N) is 1. The van der Waals surface area contributed by atoms with Gasteiger partial charge < -0.3 is 20.0 Å². The van der Waals surface area contributed by atoms with E-state index in [-0.39, 0.29) is 36.0 Å². The Morgan fingerprint density at radius 2 is 1.96 bits per heavy atom. The molecule has 7 heteroatoms. The van der Waals surface area contributed by atoms with Gasteiger partial charge in [-0.1, -0.05) is 24.3 Å². The fraction of sp³-hybridized carbons (Fsp3) is 0.400. The van der Waals surface area contributed by atoms with Crippen molar-refractivity contribution in [1.29, 1.82) is 0 Å². The minimum Gasteiger partial charge on any atom is -0.459 e. The van der Waals surface area contributed by atoms with Crippen molar-refractivity contribution >= 4 is 24.2 Å². The molecule has 1 fully saturated rings. The molecule has 2 atom stereocenters. The quantitative estimate of drug-likeness (QED) is 0.843. The SMILES string of the molecule is Cl.O=C(N[C@H]1CCCNC1)C1Cc2ccccc2CN1C(=O)c1ccco1. The minimum absolute atomic E-state index is 0. The van der Waals surface area contributed by atoms with E-state index in [4.69, 9.17) is 4.42 Å². The Bertz CT molecular complexity index is 788. The third kappa shape index (κ3) is 4.17. The third-order valence-electron chi connectivity index (χ3n) is 5.19. The molecule has 2 aliphatic heterocycles. The van der Waals surface area contributed by atoms with Crippen LogP contribution in [-0.2, 0) is 17.8 Å². The molecule has 0 saturated carbocycles. The zero-order chi connectivity index (χ0) is 17.9. The number of hydrogen-bond donors (Lipinski definition) is 2. The Morgan fingerprint density at radius 3 is 2.67 bits per heavy atom. The van der Waals surface area contributed by atoms with E-state index in [1.807, 2.05) is 24.3 Å². The monoisotopic (exact) mass is 389 g/mol. The second-order valence-electron chi connectivity index (χ2n) is 6.95. The highest BCUT2D eigenvalue weighted by molar-refractivity contribution is 5.96. The van der Waals surface area contributed by atoms with Gasteiger partial charge in [0.2, 0.25) is 5.91 Å². The highest BCUT2D eigenvalue weighted by Crippen LogP contribution is 2.25. The first kappa shape index (κ1) is 19.5. The zero-order valence-electron chi connectivity index (χ0n) is 15.0. The molecule has 2 aliphatic rings. The van der Waals surface area contributed by atoms with E-state index in [1.54, 1.807) is 17.0 Å². The molecular formula is C20H24ClN3O3. The van der Waals surface area contributed by atoms with Crippen LogP contribution in [0.25, 0.3) is 0 Å². The fourth-order valence-corrected chi connectivity index (χ4v) is 3.78. The molecule has 0 aliphatic carbocycles. The van der Waals surface area contributed by atoms with E-state index in [0.29, 0.717) is 13.0 Å². The van der Waals surface area contributed by atoms with Gasteiger partial charge in [-0.05, 0) is 42.6 Å². The van der Waals surface area contributed by atoms with Gasteiger partial charge in [-0.15, -0.1) is 12.4 Å². The van der Waals surface area contributed by atoms with Crippen molar-refractivity contribution in [1.82, 2.24) is 15.5 Å². The highest BCUT2D eigenvalue weighted by Gasteiger charge is 2.36. The van der Waals surface area contributed by atoms with Gasteiger partial charge in [0.25, 0.3) is 5.91 Å². The first-order valence-electron chi connectivity index (χ1n) is 9.15. The Hall–Kier alpha value is -2.31. The van der Waals surface area contributed by atoms with Crippen LogP contribution in [0.1, 0.15) is 34.5 Å². The second-order valence-corrected chi connectivity index (χ2v) is 6.95. The Kier molecular flexibility index (Phi) is 6.19. The van der Waals surface area contributed by atoms with E-state index in [0.717, 1.165) is 37.1 Å². The Morgan fingerprint density at radius 1 is 1.15 bits per heavy atom. The van der Waals surface area contributed by atoms with Crippen molar-refractivity contribution in [2.24, 2.45) is 0 Å². The summed E-state index contributed by atoms with van der Waals surface area (Å²) in [5, 5.41) is 6.43. The third-order valence-corrected chi connectivity index (χ3v) is 5.19. The normalized spacial score (nSPS) is 21.7. The van der Waals surface area contributed by atoms with Crippen LogP contribution in [0.5, 0.6) is 0 Å². The lowest BCUT2D eigenvalue weighted by atomic mass is 9.92. The van der Waals surface area contributed by atoms with E-state index >= 15 is 0 Å². The summed E-state index contributed by atoms with van der Waals surface area (Å²) in [5.74, 6) is -0.0685. The van der Waals surface area contributed by atoms with Crippen LogP contribution in [0.3, 0.4) is 0 Å². The number of rotatable bonds is 3. The van der Waals surface area contributed by atoms with Gasteiger partial charge in [-0.25, -0.2) is 0 Å². The molecule has 0 spiro atoms. The van der Waals surface area contributed by atoms with Crippen molar-refractivity contribution < 1.29 is 14.0 Å². The maximum Gasteiger partial charge on any atom is 0.290 e. The molecule has 4 rings (SSSR count). The van der Waals surface area contributed by atoms with Crippen molar-refractivity contribution in [2.45, 2.75) is 37.9 Å². The average molecular weight is 390 g/mol. The summed E-state index contributed by atoms with van der Waals surface area (Å²) in [5.41, 5.74) is 2.20. The van der Waals surface area contributed by atoms with E-state index in [9.17, 15) is 9.59 Å². The summed E-state index contributed by atoms with van der Waals surface area (Å²) < 4.78 is 5.28. The first-order valence-corrected chi connectivity index (χ1v) is 9.15. The molecule has 0 bridgehead atoms. The smallest absolute Gasteiger partial charge is 0.290 e. The van der Waals surface area contributed by atoms with Crippen LogP contribution in [-0.4, -0.2) is 41.9 Å². The summed E-state index contributed by atoms with van der Waals surface area (Å²) in [6, 6.07) is 10.9. The number of nitrogens with one attached hydrogen (secondary N) is 2. The molecule has 1 aromatic heterocycles. The van der Waals surface area contributed by atoms with Crippen LogP contribution >= 0.6 is 12.4 Å². The molecule has 144 valence electrons. The van der Waals surface area contributed by atoms with Gasteiger partial charge in [-0.3, -0.25) is 9.59 Å². The lowest BCUT2D eigenvalue weighted by molar-refractivity contribution is -0.127. The highest BCUT2D eigenvalue weighted by atomic mass is 35.5. The summed E-state index contributed by atoms with van der Waals surface area (Å²) in [6.45, 7) is 2.18. The maximum atomic E-state index is 13.0. The lowest BCUT2D eigenvalue weighted by Crippen LogP contribution is -2.56. The molecule has 27 heavy (non-hydrogen) atoms. The van der Waals surface area contributed by atoms with Gasteiger partial charge in [-0.2, -0.15) is 0 Å². The van der Waals surface area contributed by atoms with Crippen LogP contribution in [0.15, 0.2) is 47.1 Å². The van der Waals surface area contributed by atoms with Crippen molar-refractivity contribution in [3.63, 3.8) is 0 Å². The number of fused-ring (bicyclic) bond motifs is 1. The van der Waals surface area contributed by atoms with Gasteiger partial charge in [0.05, 0.1) is 6.26 Å². The van der Waals surface area contributed by atoms with E-state index < -0.39 is 6.04 Å². The molecule has 1 unspecified atom stereocenters. The van der Waals surface area contributed by atoms with Crippen molar-refractivity contribution in [2.75, 3.05) is 13.1 Å². The average Bonchev–Trinajstić information content (AvgIpc) is 3.22. The molecule has 1 aromatic carbocycles. The molecule has 1 saturated heterocycles.